The van der Waals surface area contributed by atoms with Crippen LogP contribution in [0.3, 0.4) is 0 Å². The lowest BCUT2D eigenvalue weighted by atomic mass is 10.1. The number of hydrogen-bond acceptors (Lipinski definition) is 5. The molecule has 0 aliphatic carbocycles. The molecule has 7 heteroatoms. The fraction of sp³-hybridized carbons (Fsp3) is 0.429. The van der Waals surface area contributed by atoms with Crippen molar-refractivity contribution >= 4 is 11.6 Å². The van der Waals surface area contributed by atoms with Gasteiger partial charge in [-0.3, -0.25) is 4.79 Å². The van der Waals surface area contributed by atoms with E-state index in [2.05, 4.69) is 10.1 Å². The van der Waals surface area contributed by atoms with Gasteiger partial charge in [-0.25, -0.2) is 10.5 Å². The van der Waals surface area contributed by atoms with Gasteiger partial charge in [0.2, 0.25) is 5.88 Å². The maximum absolute atomic E-state index is 11.1. The van der Waals surface area contributed by atoms with Gasteiger partial charge in [0.25, 0.3) is 5.91 Å². The molecule has 1 atom stereocenters. The number of methoxy groups -OCH3 is 1. The highest BCUT2D eigenvalue weighted by atomic mass is 16.5. The van der Waals surface area contributed by atoms with Crippen molar-refractivity contribution in [2.45, 2.75) is 25.8 Å². The standard InChI is InChI=1S/C14H19N5O2/c1-10-8-19(9-16-10)12-6-4-11(5-7-13(20)17-15)18(2)14(12)21-3/h4,6,8-9,11,15H,5,7H2,1-3H3. The van der Waals surface area contributed by atoms with Crippen molar-refractivity contribution in [3.8, 4) is 0 Å². The van der Waals surface area contributed by atoms with Crippen LogP contribution in [0.5, 0.6) is 0 Å². The Hall–Kier alpha value is -2.44. The summed E-state index contributed by atoms with van der Waals surface area (Å²) in [5.74, 6) is 0.311. The summed E-state index contributed by atoms with van der Waals surface area (Å²) in [6, 6.07) is 0.0408. The van der Waals surface area contributed by atoms with E-state index in [1.54, 1.807) is 13.4 Å². The van der Waals surface area contributed by atoms with Crippen molar-refractivity contribution in [2.24, 2.45) is 5.11 Å². The monoisotopic (exact) mass is 289 g/mol. The molecule has 2 rings (SSSR count). The molecule has 1 aliphatic heterocycles. The minimum atomic E-state index is -0.407. The quantitative estimate of drug-likeness (QED) is 0.842. The number of carbonyl (C=O) groups excluding carboxylic acids is 1. The first-order valence-electron chi connectivity index (χ1n) is 6.67. The molecule has 0 aromatic carbocycles. The van der Waals surface area contributed by atoms with E-state index in [0.29, 0.717) is 6.42 Å². The second-order valence-electron chi connectivity index (χ2n) is 4.90. The topological polar surface area (TPSA) is 83.6 Å². The highest BCUT2D eigenvalue weighted by Crippen LogP contribution is 2.26. The van der Waals surface area contributed by atoms with Gasteiger partial charge in [-0.05, 0) is 19.4 Å². The number of rotatable bonds is 5. The largest absolute Gasteiger partial charge is 0.481 e. The molecule has 0 bridgehead atoms. The van der Waals surface area contributed by atoms with E-state index in [4.69, 9.17) is 10.3 Å². The van der Waals surface area contributed by atoms with Gasteiger partial charge in [0.15, 0.2) is 0 Å². The van der Waals surface area contributed by atoms with Gasteiger partial charge in [-0.1, -0.05) is 6.08 Å². The third-order valence-corrected chi connectivity index (χ3v) is 3.48. The summed E-state index contributed by atoms with van der Waals surface area (Å²) in [5, 5.41) is 2.92. The summed E-state index contributed by atoms with van der Waals surface area (Å²) >= 11 is 0. The first-order chi connectivity index (χ1) is 10.1. The highest BCUT2D eigenvalue weighted by molar-refractivity contribution is 5.75. The van der Waals surface area contributed by atoms with Crippen molar-refractivity contribution in [3.63, 3.8) is 0 Å². The zero-order valence-electron chi connectivity index (χ0n) is 12.4. The van der Waals surface area contributed by atoms with Crippen molar-refractivity contribution in [2.75, 3.05) is 14.2 Å². The third kappa shape index (κ3) is 3.18. The van der Waals surface area contributed by atoms with Gasteiger partial charge < -0.3 is 14.2 Å². The molecule has 1 N–H and O–H groups in total. The molecule has 0 fully saturated rings. The molecule has 1 aromatic heterocycles. The van der Waals surface area contributed by atoms with Crippen molar-refractivity contribution < 1.29 is 9.53 Å². The molecule has 7 nitrogen and oxygen atoms in total. The summed E-state index contributed by atoms with van der Waals surface area (Å²) in [6.07, 6.45) is 8.49. The Bertz CT molecular complexity index is 602. The number of allylic oxidation sites excluding steroid dienone is 2. The summed E-state index contributed by atoms with van der Waals surface area (Å²) < 4.78 is 7.41. The number of ether oxygens (including phenoxy) is 1. The fourth-order valence-corrected chi connectivity index (χ4v) is 2.35. The number of aryl methyl sites for hydroxylation is 1. The van der Waals surface area contributed by atoms with Crippen LogP contribution >= 0.6 is 0 Å². The molecule has 0 radical (unpaired) electrons. The van der Waals surface area contributed by atoms with Gasteiger partial charge in [-0.2, -0.15) is 0 Å². The predicted octanol–water partition coefficient (Wildman–Crippen LogP) is 2.17. The zero-order chi connectivity index (χ0) is 15.4. The zero-order valence-corrected chi connectivity index (χ0v) is 12.4. The Morgan fingerprint density at radius 3 is 2.90 bits per heavy atom. The average molecular weight is 289 g/mol. The molecule has 0 saturated heterocycles. The Morgan fingerprint density at radius 1 is 1.57 bits per heavy atom. The van der Waals surface area contributed by atoms with Crippen molar-refractivity contribution in [1.29, 1.82) is 5.53 Å². The number of amides is 1. The molecule has 1 aromatic rings. The first-order valence-corrected chi connectivity index (χ1v) is 6.67. The van der Waals surface area contributed by atoms with Crippen LogP contribution in [0.2, 0.25) is 0 Å². The van der Waals surface area contributed by atoms with E-state index in [-0.39, 0.29) is 12.5 Å². The number of nitrogens with zero attached hydrogens (tertiary/aromatic N) is 4. The summed E-state index contributed by atoms with van der Waals surface area (Å²) in [6.45, 7) is 1.93. The van der Waals surface area contributed by atoms with Gasteiger partial charge >= 0.3 is 0 Å². The molecule has 0 saturated carbocycles. The molecule has 2 heterocycles. The molecular formula is C14H19N5O2. The van der Waals surface area contributed by atoms with Crippen LogP contribution in [-0.4, -0.2) is 40.6 Å². The van der Waals surface area contributed by atoms with E-state index in [1.807, 2.05) is 41.8 Å². The fourth-order valence-electron chi connectivity index (χ4n) is 2.35. The minimum Gasteiger partial charge on any atom is -0.481 e. The first kappa shape index (κ1) is 15.0. The smallest absolute Gasteiger partial charge is 0.264 e. The molecule has 0 spiro atoms. The Labute approximate surface area is 123 Å². The van der Waals surface area contributed by atoms with Crippen molar-refractivity contribution in [3.05, 3.63) is 36.3 Å². The van der Waals surface area contributed by atoms with E-state index >= 15 is 0 Å². The molecular weight excluding hydrogens is 270 g/mol. The number of imidazole rings is 1. The minimum absolute atomic E-state index is 0.0408. The maximum Gasteiger partial charge on any atom is 0.264 e. The molecule has 112 valence electrons. The summed E-state index contributed by atoms with van der Waals surface area (Å²) in [7, 11) is 3.54. The number of likely N-dealkylation sites (N-methyl/N-ethyl adjacent to an activating group) is 1. The number of hydrogen-bond donors (Lipinski definition) is 1. The van der Waals surface area contributed by atoms with Gasteiger partial charge in [0.05, 0.1) is 25.2 Å². The lowest BCUT2D eigenvalue weighted by Crippen LogP contribution is -2.34. The second-order valence-corrected chi connectivity index (χ2v) is 4.90. The number of nitrogens with one attached hydrogen (secondary N) is 1. The van der Waals surface area contributed by atoms with Crippen LogP contribution in [0.15, 0.2) is 35.7 Å². The van der Waals surface area contributed by atoms with Crippen LogP contribution < -0.4 is 0 Å². The third-order valence-electron chi connectivity index (χ3n) is 3.48. The SMILES string of the molecule is COC1=C(n2cnc(C)c2)C=CC(CCC(=O)N=N)N1C. The van der Waals surface area contributed by atoms with Crippen molar-refractivity contribution in [1.82, 2.24) is 14.5 Å². The molecule has 21 heavy (non-hydrogen) atoms. The van der Waals surface area contributed by atoms with Gasteiger partial charge in [0.1, 0.15) is 5.70 Å². The normalized spacial score (nSPS) is 18.0. The summed E-state index contributed by atoms with van der Waals surface area (Å²) in [4.78, 5) is 17.3. The van der Waals surface area contributed by atoms with E-state index in [0.717, 1.165) is 17.3 Å². The van der Waals surface area contributed by atoms with Gasteiger partial charge in [-0.15, -0.1) is 5.11 Å². The van der Waals surface area contributed by atoms with Crippen LogP contribution in [0, 0.1) is 12.5 Å². The Morgan fingerprint density at radius 2 is 2.33 bits per heavy atom. The van der Waals surface area contributed by atoms with Crippen LogP contribution in [0.25, 0.3) is 5.70 Å². The Balaban J connectivity index is 2.19. The number of aromatic nitrogens is 2. The lowest BCUT2D eigenvalue weighted by Gasteiger charge is -2.33. The predicted molar refractivity (Wildman–Crippen MR) is 77.3 cm³/mol. The molecule has 1 aliphatic rings. The second kappa shape index (κ2) is 6.34. The van der Waals surface area contributed by atoms with E-state index in [9.17, 15) is 4.79 Å². The lowest BCUT2D eigenvalue weighted by molar-refractivity contribution is -0.118. The number of carbonyl (C=O) groups is 1. The van der Waals surface area contributed by atoms with E-state index < -0.39 is 5.91 Å². The van der Waals surface area contributed by atoms with Gasteiger partial charge in [0, 0.05) is 19.7 Å². The maximum atomic E-state index is 11.1. The van der Waals surface area contributed by atoms with Crippen LogP contribution in [0.1, 0.15) is 18.5 Å². The van der Waals surface area contributed by atoms with Crippen LogP contribution in [-0.2, 0) is 9.53 Å². The average Bonchev–Trinajstić information content (AvgIpc) is 2.91. The van der Waals surface area contributed by atoms with E-state index in [1.165, 1.54) is 0 Å². The van der Waals surface area contributed by atoms with Crippen LogP contribution in [0.4, 0.5) is 0 Å². The molecule has 1 unspecified atom stereocenters. The summed E-state index contributed by atoms with van der Waals surface area (Å²) in [5.41, 5.74) is 8.52. The highest BCUT2D eigenvalue weighted by Gasteiger charge is 2.24. The molecule has 1 amide bonds. The Kier molecular flexibility index (Phi) is 4.52.